The second-order valence-electron chi connectivity index (χ2n) is 4.65. The summed E-state index contributed by atoms with van der Waals surface area (Å²) in [5.74, 6) is 1.27. The smallest absolute Gasteiger partial charge is 0.147 e. The molecule has 3 aromatic rings. The van der Waals surface area contributed by atoms with Crippen LogP contribution in [0.25, 0.3) is 10.8 Å². The van der Waals surface area contributed by atoms with E-state index in [2.05, 4.69) is 0 Å². The molecule has 106 valence electrons. The van der Waals surface area contributed by atoms with Gasteiger partial charge in [0.1, 0.15) is 11.5 Å². The van der Waals surface area contributed by atoms with Gasteiger partial charge in [-0.25, -0.2) is 0 Å². The maximum Gasteiger partial charge on any atom is 0.147 e. The zero-order chi connectivity index (χ0) is 14.8. The fraction of sp³-hybridized carbons (Fsp3) is 0.0588. The molecule has 2 nitrogen and oxygen atoms in total. The lowest BCUT2D eigenvalue weighted by atomic mass is 10.0. The Balaban J connectivity index is 2.11. The molecule has 3 rings (SSSR count). The summed E-state index contributed by atoms with van der Waals surface area (Å²) in [6.07, 6.45) is 0. The van der Waals surface area contributed by atoms with Gasteiger partial charge in [0.15, 0.2) is 0 Å². The highest BCUT2D eigenvalue weighted by molar-refractivity contribution is 6.34. The van der Waals surface area contributed by atoms with E-state index in [1.54, 1.807) is 18.2 Å². The van der Waals surface area contributed by atoms with E-state index < -0.39 is 0 Å². The fourth-order valence-corrected chi connectivity index (χ4v) is 2.59. The standard InChI is InChI=1S/C17H13Cl2NO/c18-12-6-7-15(19)17(9-12)21-16-8-5-11(10-20)13-3-1-2-4-14(13)16/h1-9H,10,20H2. The third kappa shape index (κ3) is 2.84. The Hall–Kier alpha value is -1.74. The molecular formula is C17H13Cl2NO. The molecule has 0 aliphatic carbocycles. The highest BCUT2D eigenvalue weighted by Gasteiger charge is 2.09. The van der Waals surface area contributed by atoms with Crippen molar-refractivity contribution in [3.05, 3.63) is 70.2 Å². The van der Waals surface area contributed by atoms with Crippen LogP contribution in [0.3, 0.4) is 0 Å². The van der Waals surface area contributed by atoms with E-state index in [1.165, 1.54) is 0 Å². The SMILES string of the molecule is NCc1ccc(Oc2cc(Cl)ccc2Cl)c2ccccc12. The van der Waals surface area contributed by atoms with Gasteiger partial charge in [-0.3, -0.25) is 0 Å². The molecule has 0 bridgehead atoms. The number of ether oxygens (including phenoxy) is 1. The monoisotopic (exact) mass is 317 g/mol. The summed E-state index contributed by atoms with van der Waals surface area (Å²) in [4.78, 5) is 0. The van der Waals surface area contributed by atoms with Gasteiger partial charge in [0.25, 0.3) is 0 Å². The van der Waals surface area contributed by atoms with Crippen molar-refractivity contribution in [1.29, 1.82) is 0 Å². The van der Waals surface area contributed by atoms with Crippen LogP contribution >= 0.6 is 23.2 Å². The van der Waals surface area contributed by atoms with E-state index in [1.807, 2.05) is 36.4 Å². The Morgan fingerprint density at radius 2 is 1.62 bits per heavy atom. The van der Waals surface area contributed by atoms with Gasteiger partial charge < -0.3 is 10.5 Å². The van der Waals surface area contributed by atoms with Gasteiger partial charge in [-0.15, -0.1) is 0 Å². The van der Waals surface area contributed by atoms with Crippen LogP contribution in [-0.4, -0.2) is 0 Å². The summed E-state index contributed by atoms with van der Waals surface area (Å²) in [5.41, 5.74) is 6.86. The first kappa shape index (κ1) is 14.2. The Morgan fingerprint density at radius 1 is 0.857 bits per heavy atom. The third-order valence-electron chi connectivity index (χ3n) is 3.31. The van der Waals surface area contributed by atoms with Crippen LogP contribution in [0, 0.1) is 0 Å². The first-order chi connectivity index (χ1) is 10.2. The molecule has 21 heavy (non-hydrogen) atoms. The average Bonchev–Trinajstić information content (AvgIpc) is 2.51. The molecule has 0 atom stereocenters. The lowest BCUT2D eigenvalue weighted by Crippen LogP contribution is -1.98. The second-order valence-corrected chi connectivity index (χ2v) is 5.49. The van der Waals surface area contributed by atoms with Crippen LogP contribution in [0.4, 0.5) is 0 Å². The van der Waals surface area contributed by atoms with E-state index in [9.17, 15) is 0 Å². The van der Waals surface area contributed by atoms with E-state index in [-0.39, 0.29) is 0 Å². The number of benzene rings is 3. The van der Waals surface area contributed by atoms with Crippen LogP contribution in [0.2, 0.25) is 10.0 Å². The Bertz CT molecular complexity index is 802. The Labute approximate surface area is 133 Å². The van der Waals surface area contributed by atoms with Gasteiger partial charge in [-0.2, -0.15) is 0 Å². The van der Waals surface area contributed by atoms with Gasteiger partial charge in [0.2, 0.25) is 0 Å². The first-order valence-corrected chi connectivity index (χ1v) is 7.28. The zero-order valence-electron chi connectivity index (χ0n) is 11.1. The van der Waals surface area contributed by atoms with Crippen molar-refractivity contribution < 1.29 is 4.74 Å². The molecular weight excluding hydrogens is 305 g/mol. The van der Waals surface area contributed by atoms with Gasteiger partial charge in [0.05, 0.1) is 5.02 Å². The van der Waals surface area contributed by atoms with E-state index in [4.69, 9.17) is 33.7 Å². The van der Waals surface area contributed by atoms with E-state index in [0.717, 1.165) is 22.1 Å². The van der Waals surface area contributed by atoms with Crippen molar-refractivity contribution in [2.24, 2.45) is 5.73 Å². The van der Waals surface area contributed by atoms with Crippen molar-refractivity contribution in [2.75, 3.05) is 0 Å². The van der Waals surface area contributed by atoms with Crippen molar-refractivity contribution >= 4 is 34.0 Å². The molecule has 0 aromatic heterocycles. The lowest BCUT2D eigenvalue weighted by molar-refractivity contribution is 0.488. The minimum absolute atomic E-state index is 0.485. The van der Waals surface area contributed by atoms with Gasteiger partial charge >= 0.3 is 0 Å². The number of rotatable bonds is 3. The molecule has 0 saturated heterocycles. The first-order valence-electron chi connectivity index (χ1n) is 6.52. The fourth-order valence-electron chi connectivity index (χ4n) is 2.27. The number of fused-ring (bicyclic) bond motifs is 1. The van der Waals surface area contributed by atoms with Gasteiger partial charge in [-0.05, 0) is 29.1 Å². The maximum absolute atomic E-state index is 6.15. The summed E-state index contributed by atoms with van der Waals surface area (Å²) in [5, 5.41) is 3.18. The number of halogens is 2. The van der Waals surface area contributed by atoms with Crippen molar-refractivity contribution in [3.8, 4) is 11.5 Å². The van der Waals surface area contributed by atoms with Crippen LogP contribution in [0.15, 0.2) is 54.6 Å². The molecule has 3 aromatic carbocycles. The third-order valence-corrected chi connectivity index (χ3v) is 3.85. The summed E-state index contributed by atoms with van der Waals surface area (Å²) in [6, 6.07) is 17.0. The van der Waals surface area contributed by atoms with Crippen molar-refractivity contribution in [1.82, 2.24) is 0 Å². The van der Waals surface area contributed by atoms with Gasteiger partial charge in [-0.1, -0.05) is 53.5 Å². The summed E-state index contributed by atoms with van der Waals surface area (Å²) in [6.45, 7) is 0.485. The minimum Gasteiger partial charge on any atom is -0.455 e. The minimum atomic E-state index is 0.485. The number of hydrogen-bond acceptors (Lipinski definition) is 2. The topological polar surface area (TPSA) is 35.2 Å². The normalized spacial score (nSPS) is 10.8. The molecule has 2 N–H and O–H groups in total. The molecule has 0 unspecified atom stereocenters. The average molecular weight is 318 g/mol. The maximum atomic E-state index is 6.15. The Morgan fingerprint density at radius 3 is 2.38 bits per heavy atom. The lowest BCUT2D eigenvalue weighted by Gasteiger charge is -2.12. The molecule has 0 radical (unpaired) electrons. The highest BCUT2D eigenvalue weighted by Crippen LogP contribution is 2.36. The number of hydrogen-bond donors (Lipinski definition) is 1. The van der Waals surface area contributed by atoms with Crippen LogP contribution in [0.5, 0.6) is 11.5 Å². The molecule has 0 spiro atoms. The van der Waals surface area contributed by atoms with Crippen molar-refractivity contribution in [2.45, 2.75) is 6.54 Å². The van der Waals surface area contributed by atoms with Crippen LogP contribution in [-0.2, 0) is 6.54 Å². The van der Waals surface area contributed by atoms with E-state index >= 15 is 0 Å². The highest BCUT2D eigenvalue weighted by atomic mass is 35.5. The second kappa shape index (κ2) is 5.94. The largest absolute Gasteiger partial charge is 0.455 e. The molecule has 0 fully saturated rings. The molecule has 0 heterocycles. The van der Waals surface area contributed by atoms with Crippen molar-refractivity contribution in [3.63, 3.8) is 0 Å². The van der Waals surface area contributed by atoms with Crippen LogP contribution in [0.1, 0.15) is 5.56 Å². The van der Waals surface area contributed by atoms with Crippen LogP contribution < -0.4 is 10.5 Å². The molecule has 0 amide bonds. The molecule has 0 saturated carbocycles. The molecule has 4 heteroatoms. The molecule has 0 aliphatic heterocycles. The summed E-state index contributed by atoms with van der Waals surface area (Å²) >= 11 is 12.1. The zero-order valence-corrected chi connectivity index (χ0v) is 12.7. The summed E-state index contributed by atoms with van der Waals surface area (Å²) < 4.78 is 5.95. The summed E-state index contributed by atoms with van der Waals surface area (Å²) in [7, 11) is 0. The predicted molar refractivity (Wildman–Crippen MR) is 88.4 cm³/mol. The quantitative estimate of drug-likeness (QED) is 0.702. The predicted octanol–water partition coefficient (Wildman–Crippen LogP) is 5.40. The Kier molecular flexibility index (Phi) is 4.02. The van der Waals surface area contributed by atoms with E-state index in [0.29, 0.717) is 22.3 Å². The number of nitrogens with two attached hydrogens (primary N) is 1. The molecule has 0 aliphatic rings. The van der Waals surface area contributed by atoms with Gasteiger partial charge in [0, 0.05) is 23.0 Å².